The minimum atomic E-state index is 0.0317. The first-order chi connectivity index (χ1) is 9.02. The van der Waals surface area contributed by atoms with Crippen LogP contribution in [0.1, 0.15) is 58.7 Å². The molecule has 108 valence electrons. The fourth-order valence-corrected chi connectivity index (χ4v) is 3.50. The van der Waals surface area contributed by atoms with Gasteiger partial charge in [-0.2, -0.15) is 4.37 Å². The van der Waals surface area contributed by atoms with Crippen LogP contribution in [0.2, 0.25) is 0 Å². The van der Waals surface area contributed by atoms with Crippen LogP contribution in [0.3, 0.4) is 0 Å². The van der Waals surface area contributed by atoms with E-state index in [1.165, 1.54) is 25.7 Å². The lowest BCUT2D eigenvalue weighted by molar-refractivity contribution is 0.548. The van der Waals surface area contributed by atoms with Crippen LogP contribution in [-0.4, -0.2) is 28.5 Å². The van der Waals surface area contributed by atoms with E-state index < -0.39 is 0 Å². The molecule has 2 rings (SSSR count). The molecule has 5 heteroatoms. The van der Waals surface area contributed by atoms with Gasteiger partial charge in [-0.3, -0.25) is 0 Å². The van der Waals surface area contributed by atoms with Gasteiger partial charge in [0.2, 0.25) is 5.13 Å². The molecule has 1 fully saturated rings. The predicted octanol–water partition coefficient (Wildman–Crippen LogP) is 2.93. The van der Waals surface area contributed by atoms with Crippen LogP contribution >= 0.6 is 11.5 Å². The number of hydrogen-bond donors (Lipinski definition) is 1. The summed E-state index contributed by atoms with van der Waals surface area (Å²) in [5.41, 5.74) is 5.70. The molecule has 19 heavy (non-hydrogen) atoms. The lowest BCUT2D eigenvalue weighted by Gasteiger charge is -2.28. The van der Waals surface area contributed by atoms with Crippen molar-refractivity contribution in [2.75, 3.05) is 18.0 Å². The largest absolute Gasteiger partial charge is 0.344 e. The molecule has 1 saturated carbocycles. The molecule has 0 amide bonds. The van der Waals surface area contributed by atoms with Gasteiger partial charge in [-0.05, 0) is 25.8 Å². The highest BCUT2D eigenvalue weighted by molar-refractivity contribution is 7.09. The Bertz CT molecular complexity index is 390. The lowest BCUT2D eigenvalue weighted by atomic mass is 9.96. The smallest absolute Gasteiger partial charge is 0.205 e. The molecular weight excluding hydrogens is 256 g/mol. The van der Waals surface area contributed by atoms with Crippen molar-refractivity contribution < 1.29 is 0 Å². The number of nitrogens with zero attached hydrogens (tertiary/aromatic N) is 3. The molecule has 0 spiro atoms. The van der Waals surface area contributed by atoms with Gasteiger partial charge in [0.1, 0.15) is 5.82 Å². The van der Waals surface area contributed by atoms with Crippen LogP contribution < -0.4 is 10.6 Å². The summed E-state index contributed by atoms with van der Waals surface area (Å²) in [5, 5.41) is 1.09. The molecule has 1 aliphatic carbocycles. The molecule has 0 unspecified atom stereocenters. The maximum absolute atomic E-state index is 5.67. The van der Waals surface area contributed by atoms with Gasteiger partial charge in [0.25, 0.3) is 0 Å². The molecule has 1 aromatic heterocycles. The van der Waals surface area contributed by atoms with Gasteiger partial charge in [0, 0.05) is 29.5 Å². The van der Waals surface area contributed by atoms with Crippen molar-refractivity contribution in [3.05, 3.63) is 5.82 Å². The maximum Gasteiger partial charge on any atom is 0.205 e. The first kappa shape index (κ1) is 14.7. The van der Waals surface area contributed by atoms with Gasteiger partial charge in [-0.25, -0.2) is 4.98 Å². The lowest BCUT2D eigenvalue weighted by Crippen LogP contribution is -2.35. The van der Waals surface area contributed by atoms with Crippen LogP contribution in [0.4, 0.5) is 5.13 Å². The summed E-state index contributed by atoms with van der Waals surface area (Å²) in [6, 6.07) is 0.646. The summed E-state index contributed by atoms with van der Waals surface area (Å²) < 4.78 is 4.55. The average Bonchev–Trinajstić information content (AvgIpc) is 2.99. The Morgan fingerprint density at radius 1 is 1.32 bits per heavy atom. The van der Waals surface area contributed by atoms with E-state index in [1.807, 2.05) is 0 Å². The Labute approximate surface area is 120 Å². The average molecular weight is 282 g/mol. The molecule has 0 aromatic carbocycles. The second-order valence-electron chi connectivity index (χ2n) is 6.42. The third kappa shape index (κ3) is 3.66. The third-order valence-corrected chi connectivity index (χ3v) is 4.45. The van der Waals surface area contributed by atoms with E-state index in [0.29, 0.717) is 6.04 Å². The van der Waals surface area contributed by atoms with E-state index in [9.17, 15) is 0 Å². The number of hydrogen-bond acceptors (Lipinski definition) is 5. The Kier molecular flexibility index (Phi) is 4.79. The predicted molar refractivity (Wildman–Crippen MR) is 81.9 cm³/mol. The highest BCUT2D eigenvalue weighted by atomic mass is 32.1. The van der Waals surface area contributed by atoms with Gasteiger partial charge in [0.05, 0.1) is 0 Å². The first-order valence-electron chi connectivity index (χ1n) is 7.33. The van der Waals surface area contributed by atoms with Crippen LogP contribution in [0.25, 0.3) is 0 Å². The molecule has 4 nitrogen and oxygen atoms in total. The number of anilines is 1. The van der Waals surface area contributed by atoms with Crippen molar-refractivity contribution in [1.29, 1.82) is 0 Å². The van der Waals surface area contributed by atoms with Gasteiger partial charge in [-0.1, -0.05) is 33.6 Å². The quantitative estimate of drug-likeness (QED) is 0.902. The van der Waals surface area contributed by atoms with Crippen LogP contribution in [0, 0.1) is 0 Å². The van der Waals surface area contributed by atoms with E-state index in [-0.39, 0.29) is 5.41 Å². The van der Waals surface area contributed by atoms with Crippen LogP contribution in [0.5, 0.6) is 0 Å². The van der Waals surface area contributed by atoms with Crippen LogP contribution in [-0.2, 0) is 5.41 Å². The van der Waals surface area contributed by atoms with E-state index in [4.69, 9.17) is 10.7 Å². The van der Waals surface area contributed by atoms with E-state index >= 15 is 0 Å². The van der Waals surface area contributed by atoms with Crippen molar-refractivity contribution in [2.45, 2.75) is 64.3 Å². The summed E-state index contributed by atoms with van der Waals surface area (Å²) >= 11 is 1.55. The monoisotopic (exact) mass is 282 g/mol. The molecule has 1 heterocycles. The molecule has 0 atom stereocenters. The number of nitrogens with two attached hydrogens (primary N) is 1. The molecule has 0 radical (unpaired) electrons. The summed E-state index contributed by atoms with van der Waals surface area (Å²) in [6.45, 7) is 8.25. The van der Waals surface area contributed by atoms with Gasteiger partial charge < -0.3 is 10.6 Å². The molecule has 0 saturated heterocycles. The van der Waals surface area contributed by atoms with Crippen molar-refractivity contribution >= 4 is 16.7 Å². The fourth-order valence-electron chi connectivity index (χ4n) is 2.55. The topological polar surface area (TPSA) is 55.0 Å². The Hall–Kier alpha value is -0.680. The van der Waals surface area contributed by atoms with E-state index in [2.05, 4.69) is 30.0 Å². The van der Waals surface area contributed by atoms with Crippen molar-refractivity contribution in [1.82, 2.24) is 9.36 Å². The SMILES string of the molecule is CC(C)(C)c1nsc(N(CCCN)C2CCCC2)n1. The fraction of sp³-hybridized carbons (Fsp3) is 0.857. The summed E-state index contributed by atoms with van der Waals surface area (Å²) in [6.07, 6.45) is 6.29. The minimum Gasteiger partial charge on any atom is -0.344 e. The molecule has 2 N–H and O–H groups in total. The molecule has 0 bridgehead atoms. The summed E-state index contributed by atoms with van der Waals surface area (Å²) in [7, 11) is 0. The van der Waals surface area contributed by atoms with Crippen molar-refractivity contribution in [3.63, 3.8) is 0 Å². The number of rotatable bonds is 5. The van der Waals surface area contributed by atoms with Gasteiger partial charge in [-0.15, -0.1) is 0 Å². The van der Waals surface area contributed by atoms with Crippen LogP contribution in [0.15, 0.2) is 0 Å². The highest BCUT2D eigenvalue weighted by Crippen LogP contribution is 2.31. The zero-order valence-corrected chi connectivity index (χ0v) is 13.2. The normalized spacial score (nSPS) is 17.1. The van der Waals surface area contributed by atoms with Gasteiger partial charge in [0.15, 0.2) is 0 Å². The maximum atomic E-state index is 5.67. The molecule has 0 aliphatic heterocycles. The first-order valence-corrected chi connectivity index (χ1v) is 8.10. The summed E-state index contributed by atoms with van der Waals surface area (Å²) in [4.78, 5) is 7.22. The standard InChI is InChI=1S/C14H26N4S/c1-14(2,3)12-16-13(19-17-12)18(10-6-9-15)11-7-4-5-8-11/h11H,4-10,15H2,1-3H3. The molecular formula is C14H26N4S. The van der Waals surface area contributed by atoms with E-state index in [1.54, 1.807) is 11.5 Å². The third-order valence-electron chi connectivity index (χ3n) is 3.70. The van der Waals surface area contributed by atoms with Crippen molar-refractivity contribution in [3.8, 4) is 0 Å². The van der Waals surface area contributed by atoms with Gasteiger partial charge >= 0.3 is 0 Å². The Morgan fingerprint density at radius 2 is 2.00 bits per heavy atom. The highest BCUT2D eigenvalue weighted by Gasteiger charge is 2.27. The second-order valence-corrected chi connectivity index (χ2v) is 7.15. The zero-order chi connectivity index (χ0) is 13.9. The Balaban J connectivity index is 2.14. The number of aromatic nitrogens is 2. The van der Waals surface area contributed by atoms with Crippen molar-refractivity contribution in [2.24, 2.45) is 5.73 Å². The molecule has 1 aliphatic rings. The summed E-state index contributed by atoms with van der Waals surface area (Å²) in [5.74, 6) is 0.961. The van der Waals surface area contributed by atoms with E-state index in [0.717, 1.165) is 30.5 Å². The molecule has 1 aromatic rings. The zero-order valence-electron chi connectivity index (χ0n) is 12.4. The minimum absolute atomic E-state index is 0.0317. The Morgan fingerprint density at radius 3 is 2.53 bits per heavy atom. The second kappa shape index (κ2) is 6.18.